The van der Waals surface area contributed by atoms with Gasteiger partial charge in [0.25, 0.3) is 0 Å². The SMILES string of the molecule is CC([O-])=C1C=C(c2ccccc2)P=C1c1ccccc1. The molecule has 0 N–H and O–H groups in total. The lowest BCUT2D eigenvalue weighted by Gasteiger charge is -2.12. The molecule has 2 heteroatoms. The molecular formula is C18H14OP-. The lowest BCUT2D eigenvalue weighted by molar-refractivity contribution is -0.302. The molecule has 1 aliphatic heterocycles. The van der Waals surface area contributed by atoms with Crippen molar-refractivity contribution in [3.63, 3.8) is 0 Å². The largest absolute Gasteiger partial charge is 0.875 e. The minimum Gasteiger partial charge on any atom is -0.875 e. The molecule has 0 fully saturated rings. The zero-order valence-electron chi connectivity index (χ0n) is 11.2. The van der Waals surface area contributed by atoms with Crippen LogP contribution in [0.2, 0.25) is 0 Å². The minimum absolute atomic E-state index is 0.127. The molecule has 2 aromatic rings. The Balaban J connectivity index is 2.10. The first-order chi connectivity index (χ1) is 9.75. The summed E-state index contributed by atoms with van der Waals surface area (Å²) in [6.07, 6.45) is 2.03. The number of benzene rings is 2. The van der Waals surface area contributed by atoms with Gasteiger partial charge in [0, 0.05) is 10.6 Å². The Kier molecular flexibility index (Phi) is 3.54. The van der Waals surface area contributed by atoms with Gasteiger partial charge in [-0.15, -0.1) is 5.76 Å². The summed E-state index contributed by atoms with van der Waals surface area (Å²) in [5, 5.41) is 14.2. The second-order valence-corrected chi connectivity index (χ2v) is 5.84. The van der Waals surface area contributed by atoms with Crippen LogP contribution in [-0.2, 0) is 0 Å². The van der Waals surface area contributed by atoms with Crippen LogP contribution < -0.4 is 5.11 Å². The van der Waals surface area contributed by atoms with Crippen LogP contribution in [0.25, 0.3) is 5.31 Å². The minimum atomic E-state index is 0.127. The van der Waals surface area contributed by atoms with Gasteiger partial charge in [-0.05, 0) is 22.8 Å². The summed E-state index contributed by atoms with van der Waals surface area (Å²) in [6, 6.07) is 20.4. The van der Waals surface area contributed by atoms with Crippen LogP contribution in [0.15, 0.2) is 78.1 Å². The molecule has 20 heavy (non-hydrogen) atoms. The standard InChI is InChI=1S/C18H15OP/c1-13(19)16-12-17(14-8-4-2-5-9-14)20-18(16)15-10-6-3-7-11-15/h2-12,19H,1H3/p-1. The van der Waals surface area contributed by atoms with Gasteiger partial charge in [-0.1, -0.05) is 75.8 Å². The van der Waals surface area contributed by atoms with E-state index in [4.69, 9.17) is 0 Å². The molecule has 1 nitrogen and oxygen atoms in total. The van der Waals surface area contributed by atoms with Gasteiger partial charge in [0.15, 0.2) is 0 Å². The van der Waals surface area contributed by atoms with Gasteiger partial charge in [-0.3, -0.25) is 0 Å². The molecule has 0 radical (unpaired) electrons. The average Bonchev–Trinajstić information content (AvgIpc) is 2.94. The molecule has 1 heterocycles. The predicted octanol–water partition coefficient (Wildman–Crippen LogP) is 3.84. The van der Waals surface area contributed by atoms with E-state index in [9.17, 15) is 5.11 Å². The van der Waals surface area contributed by atoms with Crippen LogP contribution in [0.5, 0.6) is 0 Å². The highest BCUT2D eigenvalue weighted by atomic mass is 31.1. The topological polar surface area (TPSA) is 23.1 Å². The van der Waals surface area contributed by atoms with Crippen molar-refractivity contribution in [2.24, 2.45) is 0 Å². The highest BCUT2D eigenvalue weighted by Crippen LogP contribution is 2.39. The molecule has 0 saturated carbocycles. The first kappa shape index (κ1) is 12.9. The van der Waals surface area contributed by atoms with Gasteiger partial charge in [0.2, 0.25) is 0 Å². The fourth-order valence-electron chi connectivity index (χ4n) is 2.26. The summed E-state index contributed by atoms with van der Waals surface area (Å²) in [5.74, 6) is 0.127. The van der Waals surface area contributed by atoms with Crippen molar-refractivity contribution in [1.29, 1.82) is 0 Å². The van der Waals surface area contributed by atoms with E-state index in [1.54, 1.807) is 6.92 Å². The molecule has 0 aromatic heterocycles. The number of hydrogen-bond donors (Lipinski definition) is 0. The van der Waals surface area contributed by atoms with Crippen molar-refractivity contribution >= 4 is 18.8 Å². The number of hydrogen-bond acceptors (Lipinski definition) is 1. The van der Waals surface area contributed by atoms with Crippen molar-refractivity contribution in [2.45, 2.75) is 6.92 Å². The van der Waals surface area contributed by atoms with E-state index in [1.165, 1.54) is 10.9 Å². The van der Waals surface area contributed by atoms with E-state index >= 15 is 0 Å². The summed E-state index contributed by atoms with van der Waals surface area (Å²) >= 11 is 0. The van der Waals surface area contributed by atoms with Gasteiger partial charge >= 0.3 is 0 Å². The Morgan fingerprint density at radius 1 is 0.850 bits per heavy atom. The van der Waals surface area contributed by atoms with Gasteiger partial charge < -0.3 is 5.11 Å². The number of allylic oxidation sites excluding steroid dienone is 3. The van der Waals surface area contributed by atoms with E-state index in [0.717, 1.165) is 24.6 Å². The maximum absolute atomic E-state index is 11.9. The second-order valence-electron chi connectivity index (χ2n) is 4.69. The van der Waals surface area contributed by atoms with Crippen molar-refractivity contribution in [1.82, 2.24) is 0 Å². The molecule has 0 bridgehead atoms. The predicted molar refractivity (Wildman–Crippen MR) is 84.6 cm³/mol. The van der Waals surface area contributed by atoms with Crippen LogP contribution in [0.4, 0.5) is 0 Å². The molecule has 98 valence electrons. The maximum atomic E-state index is 11.9. The Bertz CT molecular complexity index is 706. The van der Waals surface area contributed by atoms with Crippen molar-refractivity contribution in [3.8, 4) is 0 Å². The first-order valence-electron chi connectivity index (χ1n) is 6.55. The van der Waals surface area contributed by atoms with E-state index in [0.29, 0.717) is 0 Å². The molecule has 0 atom stereocenters. The van der Waals surface area contributed by atoms with Crippen LogP contribution in [0.1, 0.15) is 18.1 Å². The quantitative estimate of drug-likeness (QED) is 0.604. The molecule has 0 aliphatic carbocycles. The van der Waals surface area contributed by atoms with Gasteiger partial charge in [0.1, 0.15) is 0 Å². The van der Waals surface area contributed by atoms with Gasteiger partial charge in [0.05, 0.1) is 0 Å². The lowest BCUT2D eigenvalue weighted by Crippen LogP contribution is -2.08. The van der Waals surface area contributed by atoms with E-state index in [1.807, 2.05) is 42.5 Å². The monoisotopic (exact) mass is 277 g/mol. The average molecular weight is 277 g/mol. The van der Waals surface area contributed by atoms with Crippen molar-refractivity contribution < 1.29 is 5.11 Å². The van der Waals surface area contributed by atoms with Crippen LogP contribution in [0, 0.1) is 0 Å². The van der Waals surface area contributed by atoms with Crippen LogP contribution in [0.3, 0.4) is 0 Å². The molecule has 0 unspecified atom stereocenters. The third-order valence-corrected chi connectivity index (χ3v) is 4.62. The smallest absolute Gasteiger partial charge is 0.0159 e. The van der Waals surface area contributed by atoms with Crippen molar-refractivity contribution in [2.75, 3.05) is 0 Å². The molecule has 0 spiro atoms. The summed E-state index contributed by atoms with van der Waals surface area (Å²) < 4.78 is 0. The van der Waals surface area contributed by atoms with E-state index in [-0.39, 0.29) is 5.76 Å². The highest BCUT2D eigenvalue weighted by molar-refractivity contribution is 7.54. The summed E-state index contributed by atoms with van der Waals surface area (Å²) in [6.45, 7) is 1.64. The molecule has 0 saturated heterocycles. The maximum Gasteiger partial charge on any atom is 0.0159 e. The molecule has 3 rings (SSSR count). The van der Waals surface area contributed by atoms with Crippen LogP contribution >= 0.6 is 8.20 Å². The Morgan fingerprint density at radius 3 is 1.95 bits per heavy atom. The van der Waals surface area contributed by atoms with E-state index in [2.05, 4.69) is 24.3 Å². The molecule has 0 amide bonds. The highest BCUT2D eigenvalue weighted by Gasteiger charge is 2.15. The number of rotatable bonds is 2. The molecular weight excluding hydrogens is 263 g/mol. The Hall–Kier alpha value is -2.11. The summed E-state index contributed by atoms with van der Waals surface area (Å²) in [4.78, 5) is 0. The third-order valence-electron chi connectivity index (χ3n) is 3.26. The second kappa shape index (κ2) is 5.48. The third kappa shape index (κ3) is 2.45. The van der Waals surface area contributed by atoms with Crippen LogP contribution in [-0.4, -0.2) is 5.29 Å². The van der Waals surface area contributed by atoms with Crippen molar-refractivity contribution in [3.05, 3.63) is 89.2 Å². The normalized spacial score (nSPS) is 17.4. The molecule has 1 aliphatic rings. The Labute approximate surface area is 120 Å². The van der Waals surface area contributed by atoms with E-state index < -0.39 is 0 Å². The Morgan fingerprint density at radius 2 is 1.40 bits per heavy atom. The zero-order valence-corrected chi connectivity index (χ0v) is 12.1. The van der Waals surface area contributed by atoms with Gasteiger partial charge in [-0.2, -0.15) is 0 Å². The fraction of sp³-hybridized carbons (Fsp3) is 0.0556. The zero-order chi connectivity index (χ0) is 13.9. The fourth-order valence-corrected chi connectivity index (χ4v) is 3.59. The summed E-state index contributed by atoms with van der Waals surface area (Å²) in [5.41, 5.74) is 3.14. The summed E-state index contributed by atoms with van der Waals surface area (Å²) in [7, 11) is 1.11. The van der Waals surface area contributed by atoms with Gasteiger partial charge in [-0.25, -0.2) is 0 Å². The first-order valence-corrected chi connectivity index (χ1v) is 7.44. The lowest BCUT2D eigenvalue weighted by atomic mass is 10.0. The molecule has 2 aromatic carbocycles.